The summed E-state index contributed by atoms with van der Waals surface area (Å²) >= 11 is 1.77. The Balaban J connectivity index is 1.66. The van der Waals surface area contributed by atoms with E-state index in [9.17, 15) is 4.79 Å². The quantitative estimate of drug-likeness (QED) is 0.853. The van der Waals surface area contributed by atoms with E-state index < -0.39 is 0 Å². The molecule has 4 nitrogen and oxygen atoms in total. The van der Waals surface area contributed by atoms with Crippen molar-refractivity contribution in [2.75, 3.05) is 23.8 Å². The van der Waals surface area contributed by atoms with Gasteiger partial charge >= 0.3 is 6.03 Å². The average Bonchev–Trinajstić information content (AvgIpc) is 2.86. The minimum atomic E-state index is -0.158. The second kappa shape index (κ2) is 6.85. The van der Waals surface area contributed by atoms with E-state index >= 15 is 0 Å². The summed E-state index contributed by atoms with van der Waals surface area (Å²) in [4.78, 5) is 17.1. The Hall–Kier alpha value is -2.01. The molecule has 1 aromatic carbocycles. The van der Waals surface area contributed by atoms with E-state index in [1.54, 1.807) is 11.3 Å². The molecule has 1 unspecified atom stereocenters. The van der Waals surface area contributed by atoms with Gasteiger partial charge < -0.3 is 15.5 Å². The zero-order valence-electron chi connectivity index (χ0n) is 14.8. The molecule has 0 saturated heterocycles. The van der Waals surface area contributed by atoms with Gasteiger partial charge in [-0.1, -0.05) is 0 Å². The number of carbonyl (C=O) groups excluding carboxylic acids is 1. The molecule has 0 spiro atoms. The van der Waals surface area contributed by atoms with Gasteiger partial charge in [-0.25, -0.2) is 4.79 Å². The molecule has 24 heavy (non-hydrogen) atoms. The van der Waals surface area contributed by atoms with Crippen LogP contribution >= 0.6 is 11.3 Å². The van der Waals surface area contributed by atoms with Gasteiger partial charge in [0.25, 0.3) is 0 Å². The first-order valence-electron chi connectivity index (χ1n) is 8.42. The van der Waals surface area contributed by atoms with Gasteiger partial charge in [-0.05, 0) is 69.0 Å². The highest BCUT2D eigenvalue weighted by Gasteiger charge is 2.16. The fourth-order valence-corrected chi connectivity index (χ4v) is 4.41. The van der Waals surface area contributed by atoms with E-state index in [1.807, 2.05) is 13.0 Å². The van der Waals surface area contributed by atoms with E-state index in [2.05, 4.69) is 54.6 Å². The molecule has 2 aromatic rings. The number of rotatable bonds is 3. The lowest BCUT2D eigenvalue weighted by Crippen LogP contribution is -2.31. The maximum absolute atomic E-state index is 12.3. The van der Waals surface area contributed by atoms with Crippen molar-refractivity contribution in [3.63, 3.8) is 0 Å². The van der Waals surface area contributed by atoms with Crippen molar-refractivity contribution in [1.29, 1.82) is 0 Å². The van der Waals surface area contributed by atoms with E-state index in [-0.39, 0.29) is 12.1 Å². The minimum Gasteiger partial charge on any atom is -0.374 e. The number of thiophene rings is 1. The van der Waals surface area contributed by atoms with E-state index in [0.717, 1.165) is 25.1 Å². The molecular formula is C19H25N3OS. The summed E-state index contributed by atoms with van der Waals surface area (Å²) in [6.07, 6.45) is 2.23. The molecule has 2 N–H and O–H groups in total. The van der Waals surface area contributed by atoms with Crippen LogP contribution in [0.2, 0.25) is 0 Å². The van der Waals surface area contributed by atoms with Crippen molar-refractivity contribution in [2.45, 2.75) is 39.7 Å². The summed E-state index contributed by atoms with van der Waals surface area (Å²) in [6.45, 7) is 7.31. The lowest BCUT2D eigenvalue weighted by Gasteiger charge is -2.27. The summed E-state index contributed by atoms with van der Waals surface area (Å²) in [6, 6.07) is 8.16. The number of anilines is 2. The van der Waals surface area contributed by atoms with Gasteiger partial charge in [0.2, 0.25) is 0 Å². The molecule has 3 rings (SSSR count). The molecule has 5 heteroatoms. The van der Waals surface area contributed by atoms with Crippen LogP contribution in [0.3, 0.4) is 0 Å². The number of aryl methyl sites for hydroxylation is 3. The van der Waals surface area contributed by atoms with Crippen molar-refractivity contribution in [1.82, 2.24) is 5.32 Å². The molecule has 128 valence electrons. The Morgan fingerprint density at radius 2 is 2.08 bits per heavy atom. The predicted octanol–water partition coefficient (Wildman–Crippen LogP) is 4.63. The maximum Gasteiger partial charge on any atom is 0.319 e. The Kier molecular flexibility index (Phi) is 4.81. The largest absolute Gasteiger partial charge is 0.374 e. The molecule has 0 fully saturated rings. The molecule has 0 saturated carbocycles. The third-order valence-electron chi connectivity index (χ3n) is 4.58. The Bertz CT molecular complexity index is 753. The first-order chi connectivity index (χ1) is 11.4. The van der Waals surface area contributed by atoms with E-state index in [4.69, 9.17) is 0 Å². The molecule has 0 bridgehead atoms. The second-order valence-corrected chi connectivity index (χ2v) is 8.02. The normalized spacial score (nSPS) is 14.9. The minimum absolute atomic E-state index is 0.00119. The van der Waals surface area contributed by atoms with Gasteiger partial charge in [0.05, 0.1) is 6.04 Å². The van der Waals surface area contributed by atoms with Crippen molar-refractivity contribution < 1.29 is 4.79 Å². The van der Waals surface area contributed by atoms with Crippen LogP contribution in [0.25, 0.3) is 0 Å². The van der Waals surface area contributed by atoms with Crippen LogP contribution in [-0.2, 0) is 6.42 Å². The highest BCUT2D eigenvalue weighted by atomic mass is 32.1. The molecule has 1 aliphatic rings. The summed E-state index contributed by atoms with van der Waals surface area (Å²) in [5.41, 5.74) is 4.62. The van der Waals surface area contributed by atoms with Gasteiger partial charge in [-0.2, -0.15) is 0 Å². The Morgan fingerprint density at radius 3 is 2.79 bits per heavy atom. The molecular weight excluding hydrogens is 318 g/mol. The molecule has 0 radical (unpaired) electrons. The molecule has 1 atom stereocenters. The van der Waals surface area contributed by atoms with Gasteiger partial charge in [0.15, 0.2) is 0 Å². The topological polar surface area (TPSA) is 44.4 Å². The van der Waals surface area contributed by atoms with E-state index in [1.165, 1.54) is 26.6 Å². The maximum atomic E-state index is 12.3. The summed E-state index contributed by atoms with van der Waals surface area (Å²) < 4.78 is 0. The number of nitrogens with zero attached hydrogens (tertiary/aromatic N) is 1. The number of urea groups is 1. The molecule has 2 amide bonds. The highest BCUT2D eigenvalue weighted by Crippen LogP contribution is 2.29. The van der Waals surface area contributed by atoms with E-state index in [0.29, 0.717) is 0 Å². The first-order valence-corrected chi connectivity index (χ1v) is 9.24. The number of amides is 2. The van der Waals surface area contributed by atoms with Gasteiger partial charge in [0, 0.05) is 34.7 Å². The van der Waals surface area contributed by atoms with Crippen molar-refractivity contribution >= 4 is 28.7 Å². The number of hydrogen-bond donors (Lipinski definition) is 2. The van der Waals surface area contributed by atoms with Crippen molar-refractivity contribution in [3.05, 3.63) is 45.1 Å². The zero-order chi connectivity index (χ0) is 17.3. The fourth-order valence-electron chi connectivity index (χ4n) is 3.38. The monoisotopic (exact) mass is 343 g/mol. The Labute approximate surface area is 147 Å². The lowest BCUT2D eigenvalue weighted by atomic mass is 10.0. The number of benzene rings is 1. The highest BCUT2D eigenvalue weighted by molar-refractivity contribution is 7.12. The summed E-state index contributed by atoms with van der Waals surface area (Å²) in [5, 5.41) is 6.00. The van der Waals surface area contributed by atoms with Crippen LogP contribution in [0.5, 0.6) is 0 Å². The third kappa shape index (κ3) is 3.56. The van der Waals surface area contributed by atoms with Crippen LogP contribution in [0.1, 0.15) is 40.3 Å². The molecule has 1 aromatic heterocycles. The second-order valence-electron chi connectivity index (χ2n) is 6.56. The van der Waals surface area contributed by atoms with Crippen molar-refractivity contribution in [2.24, 2.45) is 0 Å². The fraction of sp³-hybridized carbons (Fsp3) is 0.421. The summed E-state index contributed by atoms with van der Waals surface area (Å²) in [7, 11) is 2.12. The molecule has 0 aliphatic carbocycles. The Morgan fingerprint density at radius 1 is 1.29 bits per heavy atom. The standard InChI is InChI=1S/C19H25N3OS/c1-12-10-17(14(3)24-12)13(2)20-19(23)21-16-7-8-18-15(11-16)6-5-9-22(18)4/h7-8,10-11,13H,5-6,9H2,1-4H3,(H2,20,21,23). The smallest absolute Gasteiger partial charge is 0.319 e. The van der Waals surface area contributed by atoms with Gasteiger partial charge in [-0.15, -0.1) is 11.3 Å². The predicted molar refractivity (Wildman–Crippen MR) is 102 cm³/mol. The lowest BCUT2D eigenvalue weighted by molar-refractivity contribution is 0.249. The number of carbonyl (C=O) groups is 1. The van der Waals surface area contributed by atoms with Crippen molar-refractivity contribution in [3.8, 4) is 0 Å². The van der Waals surface area contributed by atoms with Crippen LogP contribution in [0, 0.1) is 13.8 Å². The van der Waals surface area contributed by atoms with Crippen LogP contribution in [-0.4, -0.2) is 19.6 Å². The van der Waals surface area contributed by atoms with Crippen LogP contribution < -0.4 is 15.5 Å². The first kappa shape index (κ1) is 16.8. The van der Waals surface area contributed by atoms with Crippen LogP contribution in [0.15, 0.2) is 24.3 Å². The number of nitrogens with one attached hydrogen (secondary N) is 2. The van der Waals surface area contributed by atoms with Gasteiger partial charge in [0.1, 0.15) is 0 Å². The summed E-state index contributed by atoms with van der Waals surface area (Å²) in [5.74, 6) is 0. The van der Waals surface area contributed by atoms with Gasteiger partial charge in [-0.3, -0.25) is 0 Å². The average molecular weight is 343 g/mol. The molecule has 1 aliphatic heterocycles. The number of fused-ring (bicyclic) bond motifs is 1. The SMILES string of the molecule is Cc1cc(C(C)NC(=O)Nc2ccc3c(c2)CCCN3C)c(C)s1. The third-order valence-corrected chi connectivity index (χ3v) is 5.56. The van der Waals surface area contributed by atoms with Crippen LogP contribution in [0.4, 0.5) is 16.2 Å². The zero-order valence-corrected chi connectivity index (χ0v) is 15.6. The molecule has 2 heterocycles. The number of hydrogen-bond acceptors (Lipinski definition) is 3.